The van der Waals surface area contributed by atoms with Gasteiger partial charge in [0, 0.05) is 33.7 Å². The maximum atomic E-state index is 7.69. The van der Waals surface area contributed by atoms with Crippen molar-refractivity contribution in [1.29, 1.82) is 0 Å². The number of hydrogen-bond donors (Lipinski definition) is 0. The highest BCUT2D eigenvalue weighted by atomic mass is 16.3. The second-order valence-electron chi connectivity index (χ2n) is 23.5. The molecule has 0 N–H and O–H groups in total. The summed E-state index contributed by atoms with van der Waals surface area (Å²) in [7, 11) is 0. The van der Waals surface area contributed by atoms with E-state index in [0.29, 0.717) is 0 Å². The molecular formula is C66H61BN2O. The van der Waals surface area contributed by atoms with Gasteiger partial charge < -0.3 is 14.2 Å². The Morgan fingerprint density at radius 1 is 0.457 bits per heavy atom. The first-order valence-electron chi connectivity index (χ1n) is 25.6. The van der Waals surface area contributed by atoms with Crippen LogP contribution >= 0.6 is 0 Å². The first-order chi connectivity index (χ1) is 33.7. The third kappa shape index (κ3) is 6.55. The van der Waals surface area contributed by atoms with Crippen molar-refractivity contribution in [1.82, 2.24) is 0 Å². The minimum absolute atomic E-state index is 0.0467. The molecule has 0 amide bonds. The van der Waals surface area contributed by atoms with Gasteiger partial charge in [0.15, 0.2) is 0 Å². The molecule has 1 fully saturated rings. The molecule has 1 aromatic heterocycles. The third-order valence-corrected chi connectivity index (χ3v) is 16.9. The zero-order chi connectivity index (χ0) is 47.9. The standard InChI is InChI=1S/C66H61BN2O/c1-63(2,3)47-28-30-55(50(37-47)44-23-16-11-17-24-44)69-58-39-48(64(4,5)6)38-57-60(58)67(62-61(69)51-40-52-53(41-59(51)70-62)66(8)33-31-65(52,7)32-34-66)54-29-27-46(43-21-14-10-15-22-43)36-56(54)68(57)49-26-18-25-45(35-49)42-19-12-9-13-20-42/h9-30,35-41H,31-34H2,1-8H3. The van der Waals surface area contributed by atoms with Crippen LogP contribution in [0.2, 0.25) is 0 Å². The molecule has 0 unspecified atom stereocenters. The molecule has 2 aliphatic heterocycles. The van der Waals surface area contributed by atoms with Gasteiger partial charge in [0.2, 0.25) is 0 Å². The van der Waals surface area contributed by atoms with E-state index in [4.69, 9.17) is 4.42 Å². The first-order valence-corrected chi connectivity index (χ1v) is 25.6. The predicted molar refractivity (Wildman–Crippen MR) is 297 cm³/mol. The number of anilines is 6. The van der Waals surface area contributed by atoms with Crippen LogP contribution in [0.15, 0.2) is 180 Å². The van der Waals surface area contributed by atoms with Crippen LogP contribution in [0, 0.1) is 0 Å². The normalized spacial score (nSPS) is 18.9. The Morgan fingerprint density at radius 2 is 1.01 bits per heavy atom. The number of nitrogens with zero attached hydrogens (tertiary/aromatic N) is 2. The molecule has 14 rings (SSSR count). The zero-order valence-electron chi connectivity index (χ0n) is 42.0. The van der Waals surface area contributed by atoms with E-state index < -0.39 is 0 Å². The van der Waals surface area contributed by atoms with Crippen molar-refractivity contribution in [2.24, 2.45) is 0 Å². The fourth-order valence-corrected chi connectivity index (χ4v) is 12.7. The number of fused-ring (bicyclic) bond motifs is 8. The van der Waals surface area contributed by atoms with E-state index in [9.17, 15) is 0 Å². The Labute approximate surface area is 414 Å². The molecule has 3 heterocycles. The topological polar surface area (TPSA) is 19.6 Å². The Balaban J connectivity index is 1.17. The van der Waals surface area contributed by atoms with E-state index in [1.54, 1.807) is 0 Å². The quantitative estimate of drug-likeness (QED) is 0.160. The first kappa shape index (κ1) is 43.0. The third-order valence-electron chi connectivity index (χ3n) is 16.9. The van der Waals surface area contributed by atoms with E-state index in [-0.39, 0.29) is 28.4 Å². The van der Waals surface area contributed by atoms with Crippen molar-refractivity contribution in [3.8, 4) is 33.4 Å². The summed E-state index contributed by atoms with van der Waals surface area (Å²) < 4.78 is 7.69. The highest BCUT2D eigenvalue weighted by molar-refractivity contribution is 7.00. The number of hydrogen-bond acceptors (Lipinski definition) is 3. The van der Waals surface area contributed by atoms with Gasteiger partial charge in [-0.1, -0.05) is 177 Å². The summed E-state index contributed by atoms with van der Waals surface area (Å²) in [6.07, 6.45) is 4.89. The highest BCUT2D eigenvalue weighted by Crippen LogP contribution is 2.59. The van der Waals surface area contributed by atoms with Gasteiger partial charge in [-0.3, -0.25) is 0 Å². The van der Waals surface area contributed by atoms with Gasteiger partial charge in [-0.15, -0.1) is 0 Å². The van der Waals surface area contributed by atoms with Crippen LogP contribution in [0.5, 0.6) is 0 Å². The van der Waals surface area contributed by atoms with E-state index in [1.807, 2.05) is 0 Å². The lowest BCUT2D eigenvalue weighted by Gasteiger charge is -2.52. The molecule has 3 nitrogen and oxygen atoms in total. The lowest BCUT2D eigenvalue weighted by molar-refractivity contribution is 0.188. The summed E-state index contributed by atoms with van der Waals surface area (Å²) in [6.45, 7) is 18.9. The van der Waals surface area contributed by atoms with E-state index in [2.05, 4.69) is 241 Å². The average molecular weight is 909 g/mol. The van der Waals surface area contributed by atoms with Crippen molar-refractivity contribution >= 4 is 68.4 Å². The largest absolute Gasteiger partial charge is 0.468 e. The molecule has 0 atom stereocenters. The maximum Gasteiger partial charge on any atom is 0.297 e. The van der Waals surface area contributed by atoms with Crippen molar-refractivity contribution in [3.63, 3.8) is 0 Å². The highest BCUT2D eigenvalue weighted by Gasteiger charge is 2.51. The van der Waals surface area contributed by atoms with Crippen molar-refractivity contribution in [2.45, 2.75) is 103 Å². The van der Waals surface area contributed by atoms with Crippen LogP contribution in [-0.2, 0) is 21.7 Å². The Bertz CT molecular complexity index is 3550. The monoisotopic (exact) mass is 908 g/mol. The van der Waals surface area contributed by atoms with Gasteiger partial charge in [0.05, 0.1) is 17.0 Å². The van der Waals surface area contributed by atoms with E-state index in [1.165, 1.54) is 120 Å². The van der Waals surface area contributed by atoms with E-state index >= 15 is 0 Å². The van der Waals surface area contributed by atoms with Crippen molar-refractivity contribution in [2.75, 3.05) is 9.80 Å². The zero-order valence-corrected chi connectivity index (χ0v) is 42.0. The number of benzene rings is 8. The van der Waals surface area contributed by atoms with Crippen molar-refractivity contribution < 1.29 is 4.42 Å². The summed E-state index contributed by atoms with van der Waals surface area (Å²) in [5.74, 6) is 0. The van der Waals surface area contributed by atoms with Crippen LogP contribution in [0.4, 0.5) is 34.1 Å². The Kier molecular flexibility index (Phi) is 9.36. The molecule has 70 heavy (non-hydrogen) atoms. The fourth-order valence-electron chi connectivity index (χ4n) is 12.7. The van der Waals surface area contributed by atoms with Gasteiger partial charge >= 0.3 is 0 Å². The van der Waals surface area contributed by atoms with Crippen LogP contribution in [0.1, 0.15) is 103 Å². The minimum atomic E-state index is -0.171. The van der Waals surface area contributed by atoms with Gasteiger partial charge in [-0.2, -0.15) is 0 Å². The van der Waals surface area contributed by atoms with Gasteiger partial charge in [-0.25, -0.2) is 0 Å². The lowest BCUT2D eigenvalue weighted by atomic mass is 9.35. The van der Waals surface area contributed by atoms with E-state index in [0.717, 1.165) is 22.6 Å². The van der Waals surface area contributed by atoms with Gasteiger partial charge in [0.25, 0.3) is 6.71 Å². The second-order valence-corrected chi connectivity index (χ2v) is 23.5. The molecule has 344 valence electrons. The number of rotatable bonds is 5. The summed E-state index contributed by atoms with van der Waals surface area (Å²) in [4.78, 5) is 5.21. The lowest BCUT2D eigenvalue weighted by Crippen LogP contribution is -2.61. The molecule has 2 bridgehead atoms. The molecule has 0 radical (unpaired) electrons. The summed E-state index contributed by atoms with van der Waals surface area (Å²) in [6, 6.07) is 66.4. The average Bonchev–Trinajstić information content (AvgIpc) is 3.75. The molecule has 4 heteroatoms. The summed E-state index contributed by atoms with van der Waals surface area (Å²) >= 11 is 0. The molecule has 0 spiro atoms. The Hall–Kier alpha value is -7.04. The van der Waals surface area contributed by atoms with Crippen LogP contribution in [0.25, 0.3) is 44.3 Å². The summed E-state index contributed by atoms with van der Waals surface area (Å²) in [5, 5.41) is 1.21. The SMILES string of the molecule is CC(C)(C)c1ccc(N2c3cc(C(C)(C)C)cc4c3B(c3ccc(-c5ccccc5)cc3N4c3cccc(-c4ccccc4)c3)c3oc4cc5c(cc4c32)C2(C)CCC5(C)CC2)c(-c2ccccc2)c1. The molecule has 9 aromatic rings. The summed E-state index contributed by atoms with van der Waals surface area (Å²) in [5.41, 5.74) is 24.4. The van der Waals surface area contributed by atoms with Gasteiger partial charge in [0.1, 0.15) is 5.58 Å². The molecule has 0 saturated heterocycles. The number of furan rings is 1. The van der Waals surface area contributed by atoms with Crippen LogP contribution in [-0.4, -0.2) is 6.71 Å². The molecular weight excluding hydrogens is 848 g/mol. The van der Waals surface area contributed by atoms with Crippen LogP contribution in [0.3, 0.4) is 0 Å². The molecule has 8 aromatic carbocycles. The maximum absolute atomic E-state index is 7.69. The Morgan fingerprint density at radius 3 is 1.63 bits per heavy atom. The van der Waals surface area contributed by atoms with Crippen molar-refractivity contribution in [3.05, 3.63) is 198 Å². The molecule has 1 saturated carbocycles. The molecule has 3 aliphatic carbocycles. The predicted octanol–water partition coefficient (Wildman–Crippen LogP) is 16.2. The van der Waals surface area contributed by atoms with Gasteiger partial charge in [-0.05, 0) is 163 Å². The minimum Gasteiger partial charge on any atom is -0.468 e. The fraction of sp³-hybridized carbons (Fsp3) is 0.242. The molecule has 5 aliphatic rings. The second kappa shape index (κ2) is 15.2. The van der Waals surface area contributed by atoms with Crippen LogP contribution < -0.4 is 26.4 Å². The smallest absolute Gasteiger partial charge is 0.297 e.